The third kappa shape index (κ3) is 3.53. The first-order valence-electron chi connectivity index (χ1n) is 9.60. The van der Waals surface area contributed by atoms with E-state index in [2.05, 4.69) is 5.32 Å². The Morgan fingerprint density at radius 2 is 1.93 bits per heavy atom. The number of hydrogen-bond acceptors (Lipinski definition) is 4. The van der Waals surface area contributed by atoms with Crippen LogP contribution in [0.4, 0.5) is 10.5 Å². The van der Waals surface area contributed by atoms with Crippen molar-refractivity contribution in [2.75, 3.05) is 19.0 Å². The number of benzene rings is 2. The topological polar surface area (TPSA) is 71.5 Å². The maximum Gasteiger partial charge on any atom is 0.338 e. The number of nitrogens with one attached hydrogen (secondary N) is 1. The Kier molecular flexibility index (Phi) is 4.92. The van der Waals surface area contributed by atoms with Crippen molar-refractivity contribution in [1.82, 2.24) is 9.88 Å². The lowest BCUT2D eigenvalue weighted by Crippen LogP contribution is -2.40. The number of urea groups is 1. The lowest BCUT2D eigenvalue weighted by atomic mass is 9.96. The quantitative estimate of drug-likeness (QED) is 0.666. The largest absolute Gasteiger partial charge is 0.465 e. The monoisotopic (exact) mass is 389 g/mol. The number of anilines is 1. The van der Waals surface area contributed by atoms with Gasteiger partial charge < -0.3 is 15.0 Å². The van der Waals surface area contributed by atoms with Gasteiger partial charge in [-0.1, -0.05) is 30.3 Å². The first-order valence-corrected chi connectivity index (χ1v) is 9.60. The number of pyridine rings is 1. The molecule has 0 atom stereocenters. The number of fused-ring (bicyclic) bond motifs is 2. The van der Waals surface area contributed by atoms with Gasteiger partial charge in [0, 0.05) is 35.3 Å². The van der Waals surface area contributed by atoms with E-state index >= 15 is 0 Å². The van der Waals surface area contributed by atoms with E-state index in [0.717, 1.165) is 39.0 Å². The van der Waals surface area contributed by atoms with E-state index in [0.29, 0.717) is 25.1 Å². The zero-order valence-corrected chi connectivity index (χ0v) is 16.8. The summed E-state index contributed by atoms with van der Waals surface area (Å²) in [4.78, 5) is 32.0. The minimum absolute atomic E-state index is 0.187. The third-order valence-corrected chi connectivity index (χ3v) is 5.36. The van der Waals surface area contributed by atoms with Crippen molar-refractivity contribution in [1.29, 1.82) is 0 Å². The van der Waals surface area contributed by atoms with Crippen LogP contribution in [0.2, 0.25) is 0 Å². The highest BCUT2D eigenvalue weighted by atomic mass is 16.5. The molecule has 4 rings (SSSR count). The van der Waals surface area contributed by atoms with Crippen molar-refractivity contribution in [2.45, 2.75) is 26.8 Å². The predicted molar refractivity (Wildman–Crippen MR) is 112 cm³/mol. The second-order valence-corrected chi connectivity index (χ2v) is 7.34. The van der Waals surface area contributed by atoms with E-state index in [1.54, 1.807) is 4.90 Å². The van der Waals surface area contributed by atoms with Crippen molar-refractivity contribution in [3.05, 3.63) is 70.4 Å². The van der Waals surface area contributed by atoms with Gasteiger partial charge in [-0.15, -0.1) is 0 Å². The molecule has 0 bridgehead atoms. The molecule has 0 saturated carbocycles. The molecule has 1 aromatic heterocycles. The fourth-order valence-electron chi connectivity index (χ4n) is 3.76. The van der Waals surface area contributed by atoms with Crippen LogP contribution in [0.3, 0.4) is 0 Å². The van der Waals surface area contributed by atoms with Crippen LogP contribution in [0, 0.1) is 13.8 Å². The Hall–Kier alpha value is -3.41. The van der Waals surface area contributed by atoms with Gasteiger partial charge in [0.25, 0.3) is 0 Å². The average molecular weight is 389 g/mol. The van der Waals surface area contributed by atoms with Crippen molar-refractivity contribution < 1.29 is 14.3 Å². The normalized spacial score (nSPS) is 13.1. The number of hydrogen-bond donors (Lipinski definition) is 1. The molecule has 0 spiro atoms. The zero-order chi connectivity index (χ0) is 20.5. The van der Waals surface area contributed by atoms with Crippen LogP contribution in [0.15, 0.2) is 42.5 Å². The molecule has 2 amide bonds. The van der Waals surface area contributed by atoms with Crippen LogP contribution in [0.5, 0.6) is 0 Å². The molecule has 1 aliphatic rings. The molecule has 1 aliphatic heterocycles. The van der Waals surface area contributed by atoms with Crippen molar-refractivity contribution in [2.24, 2.45) is 0 Å². The number of rotatable bonds is 2. The summed E-state index contributed by atoms with van der Waals surface area (Å²) in [6, 6.07) is 13.3. The summed E-state index contributed by atoms with van der Waals surface area (Å²) < 4.78 is 5.04. The van der Waals surface area contributed by atoms with Crippen LogP contribution in [0.25, 0.3) is 10.9 Å². The van der Waals surface area contributed by atoms with Gasteiger partial charge in [0.15, 0.2) is 0 Å². The van der Waals surface area contributed by atoms with E-state index < -0.39 is 5.97 Å². The van der Waals surface area contributed by atoms with Gasteiger partial charge in [0.05, 0.1) is 24.7 Å². The molecule has 0 fully saturated rings. The number of aryl methyl sites for hydroxylation is 2. The third-order valence-electron chi connectivity index (χ3n) is 5.36. The second-order valence-electron chi connectivity index (χ2n) is 7.34. The smallest absolute Gasteiger partial charge is 0.338 e. The Bertz CT molecular complexity index is 1120. The first-order chi connectivity index (χ1) is 14.0. The summed E-state index contributed by atoms with van der Waals surface area (Å²) in [6.45, 7) is 4.81. The van der Waals surface area contributed by atoms with E-state index in [4.69, 9.17) is 9.72 Å². The van der Waals surface area contributed by atoms with E-state index in [1.807, 2.05) is 56.3 Å². The number of ether oxygens (including phenoxy) is 1. The number of carbonyl (C=O) groups is 2. The van der Waals surface area contributed by atoms with Crippen molar-refractivity contribution in [3.63, 3.8) is 0 Å². The van der Waals surface area contributed by atoms with E-state index in [-0.39, 0.29) is 6.03 Å². The van der Waals surface area contributed by atoms with Crippen LogP contribution >= 0.6 is 0 Å². The average Bonchev–Trinajstić information content (AvgIpc) is 2.73. The maximum atomic E-state index is 12.9. The highest BCUT2D eigenvalue weighted by Crippen LogP contribution is 2.29. The molecule has 0 saturated heterocycles. The molecule has 2 heterocycles. The van der Waals surface area contributed by atoms with Gasteiger partial charge in [-0.25, -0.2) is 9.59 Å². The summed E-state index contributed by atoms with van der Waals surface area (Å²) >= 11 is 0. The molecular formula is C23H23N3O3. The number of para-hydroxylation sites is 1. The molecule has 0 radical (unpaired) electrons. The SMILES string of the molecule is COC(=O)c1c2c(nc3ccccc13)CCN(C(=O)Nc1cc(C)ccc1C)C2. The number of esters is 1. The Balaban J connectivity index is 1.68. The highest BCUT2D eigenvalue weighted by molar-refractivity contribution is 6.05. The summed E-state index contributed by atoms with van der Waals surface area (Å²) in [5.74, 6) is -0.406. The summed E-state index contributed by atoms with van der Waals surface area (Å²) in [5.41, 5.74) is 5.75. The summed E-state index contributed by atoms with van der Waals surface area (Å²) in [5, 5.41) is 3.75. The minimum Gasteiger partial charge on any atom is -0.465 e. The number of nitrogens with zero attached hydrogens (tertiary/aromatic N) is 2. The van der Waals surface area contributed by atoms with Gasteiger partial charge in [0.1, 0.15) is 0 Å². The number of amides is 2. The predicted octanol–water partition coefficient (Wildman–Crippen LogP) is 4.23. The second kappa shape index (κ2) is 7.54. The van der Waals surface area contributed by atoms with Gasteiger partial charge in [-0.05, 0) is 37.1 Å². The lowest BCUT2D eigenvalue weighted by Gasteiger charge is -2.30. The van der Waals surface area contributed by atoms with Gasteiger partial charge in [-0.2, -0.15) is 0 Å². The van der Waals surface area contributed by atoms with Crippen molar-refractivity contribution >= 4 is 28.6 Å². The fourth-order valence-corrected chi connectivity index (χ4v) is 3.76. The summed E-state index contributed by atoms with van der Waals surface area (Å²) in [7, 11) is 1.37. The minimum atomic E-state index is -0.406. The Morgan fingerprint density at radius 3 is 2.72 bits per heavy atom. The van der Waals surface area contributed by atoms with Crippen LogP contribution < -0.4 is 5.32 Å². The number of carbonyl (C=O) groups excluding carboxylic acids is 2. The first kappa shape index (κ1) is 18.9. The molecular weight excluding hydrogens is 366 g/mol. The molecule has 0 aliphatic carbocycles. The molecule has 3 aromatic rings. The van der Waals surface area contributed by atoms with E-state index in [1.165, 1.54) is 7.11 Å². The molecule has 2 aromatic carbocycles. The Morgan fingerprint density at radius 1 is 1.14 bits per heavy atom. The molecule has 6 heteroatoms. The van der Waals surface area contributed by atoms with Crippen LogP contribution in [0.1, 0.15) is 32.7 Å². The standard InChI is InChI=1S/C23H23N3O3/c1-14-8-9-15(2)20(12-14)25-23(28)26-11-10-19-17(13-26)21(22(27)29-3)16-6-4-5-7-18(16)24-19/h4-9,12H,10-11,13H2,1-3H3,(H,25,28). The number of aromatic nitrogens is 1. The van der Waals surface area contributed by atoms with Crippen molar-refractivity contribution in [3.8, 4) is 0 Å². The molecule has 1 N–H and O–H groups in total. The molecule has 29 heavy (non-hydrogen) atoms. The Labute approximate surface area is 169 Å². The zero-order valence-electron chi connectivity index (χ0n) is 16.8. The number of methoxy groups -OCH3 is 1. The fraction of sp³-hybridized carbons (Fsp3) is 0.261. The van der Waals surface area contributed by atoms with Crippen LogP contribution in [-0.4, -0.2) is 35.5 Å². The summed E-state index contributed by atoms with van der Waals surface area (Å²) in [6.07, 6.45) is 0.588. The molecule has 6 nitrogen and oxygen atoms in total. The maximum absolute atomic E-state index is 12.9. The van der Waals surface area contributed by atoms with Gasteiger partial charge >= 0.3 is 12.0 Å². The highest BCUT2D eigenvalue weighted by Gasteiger charge is 2.28. The van der Waals surface area contributed by atoms with Gasteiger partial charge in [-0.3, -0.25) is 4.98 Å². The van der Waals surface area contributed by atoms with Crippen LogP contribution in [-0.2, 0) is 17.7 Å². The van der Waals surface area contributed by atoms with E-state index in [9.17, 15) is 9.59 Å². The molecule has 148 valence electrons. The molecule has 0 unspecified atom stereocenters. The lowest BCUT2D eigenvalue weighted by molar-refractivity contribution is 0.0600. The van der Waals surface area contributed by atoms with Gasteiger partial charge in [0.2, 0.25) is 0 Å².